The Labute approximate surface area is 164 Å². The summed E-state index contributed by atoms with van der Waals surface area (Å²) < 4.78 is 1.62. The van der Waals surface area contributed by atoms with E-state index in [1.165, 1.54) is 12.1 Å². The fourth-order valence-corrected chi connectivity index (χ4v) is 2.69. The van der Waals surface area contributed by atoms with Crippen molar-refractivity contribution >= 4 is 29.0 Å². The number of non-ortho nitro benzene ring substituents is 1. The molecule has 0 aliphatic rings. The van der Waals surface area contributed by atoms with E-state index in [1.54, 1.807) is 36.1 Å². The maximum atomic E-state index is 12.2. The predicted molar refractivity (Wildman–Crippen MR) is 103 cm³/mol. The molecule has 0 saturated carbocycles. The van der Waals surface area contributed by atoms with Gasteiger partial charge in [0.05, 0.1) is 15.5 Å². The molecule has 28 heavy (non-hydrogen) atoms. The number of nitrogens with one attached hydrogen (secondary N) is 2. The van der Waals surface area contributed by atoms with E-state index in [4.69, 9.17) is 11.6 Å². The number of nitrogens with zero attached hydrogens (tertiary/aromatic N) is 5. The van der Waals surface area contributed by atoms with E-state index in [0.717, 1.165) is 6.07 Å². The van der Waals surface area contributed by atoms with Crippen molar-refractivity contribution in [3.63, 3.8) is 0 Å². The highest BCUT2D eigenvalue weighted by molar-refractivity contribution is 6.34. The zero-order chi connectivity index (χ0) is 20.1. The highest BCUT2D eigenvalue weighted by Gasteiger charge is 2.14. The Morgan fingerprint density at radius 3 is 2.79 bits per heavy atom. The summed E-state index contributed by atoms with van der Waals surface area (Å²) in [7, 11) is 0. The number of nitro groups is 1. The molecular weight excluding hydrogens is 386 g/mol. The summed E-state index contributed by atoms with van der Waals surface area (Å²) in [5.41, 5.74) is 0.00134. The number of carbonyl (C=O) groups is 1. The number of rotatable bonds is 7. The topological polar surface area (TPSA) is 128 Å². The molecule has 0 fully saturated rings. The highest BCUT2D eigenvalue weighted by atomic mass is 35.5. The molecule has 0 bridgehead atoms. The van der Waals surface area contributed by atoms with Crippen LogP contribution in [-0.2, 0) is 0 Å². The second-order valence-corrected chi connectivity index (χ2v) is 6.12. The standard InChI is InChI=1S/C17H16ClN7O3/c1-11-22-15(10-16(23-11)24-8-2-5-21-24)19-6-7-20-17(26)13-4-3-12(25(27)28)9-14(13)18/h2-5,8-10H,6-7H2,1H3,(H,20,26)(H,19,22,23). The minimum absolute atomic E-state index is 0.0231. The van der Waals surface area contributed by atoms with Crippen LogP contribution in [0.4, 0.5) is 11.5 Å². The lowest BCUT2D eigenvalue weighted by Crippen LogP contribution is -2.29. The predicted octanol–water partition coefficient (Wildman–Crippen LogP) is 2.37. The SMILES string of the molecule is Cc1nc(NCCNC(=O)c2ccc([N+](=O)[O-])cc2Cl)cc(-n2cccn2)n1. The minimum atomic E-state index is -0.571. The van der Waals surface area contributed by atoms with Crippen molar-refractivity contribution in [2.24, 2.45) is 0 Å². The first-order chi connectivity index (χ1) is 13.4. The molecule has 1 aromatic carbocycles. The van der Waals surface area contributed by atoms with Crippen molar-refractivity contribution < 1.29 is 9.72 Å². The number of anilines is 1. The third-order valence-corrected chi connectivity index (χ3v) is 4.00. The van der Waals surface area contributed by atoms with E-state index in [0.29, 0.717) is 30.5 Å². The van der Waals surface area contributed by atoms with Crippen LogP contribution in [0.3, 0.4) is 0 Å². The first kappa shape index (κ1) is 19.2. The van der Waals surface area contributed by atoms with Gasteiger partial charge in [-0.05, 0) is 19.1 Å². The molecule has 2 N–H and O–H groups in total. The van der Waals surface area contributed by atoms with E-state index < -0.39 is 10.8 Å². The molecule has 10 nitrogen and oxygen atoms in total. The minimum Gasteiger partial charge on any atom is -0.368 e. The Balaban J connectivity index is 1.56. The summed E-state index contributed by atoms with van der Waals surface area (Å²) in [4.78, 5) is 31.0. The van der Waals surface area contributed by atoms with Gasteiger partial charge in [0.15, 0.2) is 5.82 Å². The van der Waals surface area contributed by atoms with E-state index in [2.05, 4.69) is 25.7 Å². The van der Waals surface area contributed by atoms with Crippen molar-refractivity contribution in [2.75, 3.05) is 18.4 Å². The fraction of sp³-hybridized carbons (Fsp3) is 0.176. The third kappa shape index (κ3) is 4.60. The number of carbonyl (C=O) groups excluding carboxylic acids is 1. The van der Waals surface area contributed by atoms with Gasteiger partial charge >= 0.3 is 0 Å². The average Bonchev–Trinajstić information content (AvgIpc) is 3.19. The number of nitro benzene ring substituents is 1. The summed E-state index contributed by atoms with van der Waals surface area (Å²) in [5, 5.41) is 20.7. The number of benzene rings is 1. The Morgan fingerprint density at radius 2 is 2.11 bits per heavy atom. The van der Waals surface area contributed by atoms with Crippen LogP contribution < -0.4 is 10.6 Å². The number of aromatic nitrogens is 4. The number of hydrogen-bond donors (Lipinski definition) is 2. The first-order valence-corrected chi connectivity index (χ1v) is 8.63. The number of halogens is 1. The Hall–Kier alpha value is -3.53. The number of amides is 1. The monoisotopic (exact) mass is 401 g/mol. The first-order valence-electron chi connectivity index (χ1n) is 8.26. The van der Waals surface area contributed by atoms with Gasteiger partial charge < -0.3 is 10.6 Å². The van der Waals surface area contributed by atoms with Gasteiger partial charge in [0.2, 0.25) is 0 Å². The Kier molecular flexibility index (Phi) is 5.80. The second kappa shape index (κ2) is 8.44. The van der Waals surface area contributed by atoms with Gasteiger partial charge in [-0.15, -0.1) is 0 Å². The molecule has 0 spiro atoms. The normalized spacial score (nSPS) is 10.5. The van der Waals surface area contributed by atoms with Crippen molar-refractivity contribution in [1.82, 2.24) is 25.1 Å². The maximum Gasteiger partial charge on any atom is 0.270 e. The Bertz CT molecular complexity index is 1010. The molecule has 1 amide bonds. The van der Waals surface area contributed by atoms with Crippen LogP contribution in [0.1, 0.15) is 16.2 Å². The van der Waals surface area contributed by atoms with Crippen LogP contribution in [0.2, 0.25) is 5.02 Å². The molecule has 11 heteroatoms. The van der Waals surface area contributed by atoms with Gasteiger partial charge in [0, 0.05) is 43.7 Å². The molecule has 2 aromatic heterocycles. The molecule has 0 atom stereocenters. The lowest BCUT2D eigenvalue weighted by atomic mass is 10.2. The van der Waals surface area contributed by atoms with Crippen LogP contribution >= 0.6 is 11.6 Å². The van der Waals surface area contributed by atoms with Gasteiger partial charge in [-0.3, -0.25) is 14.9 Å². The molecule has 0 aliphatic heterocycles. The molecule has 0 aliphatic carbocycles. The van der Waals surface area contributed by atoms with Crippen molar-refractivity contribution in [3.05, 3.63) is 69.3 Å². The highest BCUT2D eigenvalue weighted by Crippen LogP contribution is 2.22. The van der Waals surface area contributed by atoms with Gasteiger partial charge in [-0.1, -0.05) is 11.6 Å². The largest absolute Gasteiger partial charge is 0.368 e. The summed E-state index contributed by atoms with van der Waals surface area (Å²) >= 11 is 5.95. The molecule has 3 aromatic rings. The van der Waals surface area contributed by atoms with Crippen molar-refractivity contribution in [3.8, 4) is 5.82 Å². The fourth-order valence-electron chi connectivity index (χ4n) is 2.43. The molecular formula is C17H16ClN7O3. The van der Waals surface area contributed by atoms with Crippen LogP contribution in [0.15, 0.2) is 42.7 Å². The molecule has 0 radical (unpaired) electrons. The van der Waals surface area contributed by atoms with Crippen LogP contribution in [-0.4, -0.2) is 43.7 Å². The van der Waals surface area contributed by atoms with Crippen LogP contribution in [0.5, 0.6) is 0 Å². The van der Waals surface area contributed by atoms with Gasteiger partial charge in [0.25, 0.3) is 11.6 Å². The zero-order valence-electron chi connectivity index (χ0n) is 14.8. The summed E-state index contributed by atoms with van der Waals surface area (Å²) in [6.07, 6.45) is 3.43. The van der Waals surface area contributed by atoms with E-state index >= 15 is 0 Å². The van der Waals surface area contributed by atoms with Crippen molar-refractivity contribution in [1.29, 1.82) is 0 Å². The quantitative estimate of drug-likeness (QED) is 0.353. The number of aryl methyl sites for hydroxylation is 1. The molecule has 3 rings (SSSR count). The molecule has 0 unspecified atom stereocenters. The molecule has 0 saturated heterocycles. The second-order valence-electron chi connectivity index (χ2n) is 5.71. The van der Waals surface area contributed by atoms with Crippen LogP contribution in [0, 0.1) is 17.0 Å². The lowest BCUT2D eigenvalue weighted by molar-refractivity contribution is -0.384. The summed E-state index contributed by atoms with van der Waals surface area (Å²) in [5.74, 6) is 1.39. The zero-order valence-corrected chi connectivity index (χ0v) is 15.6. The average molecular weight is 402 g/mol. The number of hydrogen-bond acceptors (Lipinski definition) is 7. The van der Waals surface area contributed by atoms with Gasteiger partial charge in [-0.25, -0.2) is 14.6 Å². The van der Waals surface area contributed by atoms with E-state index in [9.17, 15) is 14.9 Å². The Morgan fingerprint density at radius 1 is 1.29 bits per heavy atom. The van der Waals surface area contributed by atoms with Crippen molar-refractivity contribution in [2.45, 2.75) is 6.92 Å². The maximum absolute atomic E-state index is 12.2. The van der Waals surface area contributed by atoms with Gasteiger partial charge in [-0.2, -0.15) is 5.10 Å². The molecule has 144 valence electrons. The van der Waals surface area contributed by atoms with Crippen LogP contribution in [0.25, 0.3) is 5.82 Å². The van der Waals surface area contributed by atoms with Gasteiger partial charge in [0.1, 0.15) is 11.6 Å². The van der Waals surface area contributed by atoms with E-state index in [-0.39, 0.29) is 16.3 Å². The summed E-state index contributed by atoms with van der Waals surface area (Å²) in [6.45, 7) is 2.48. The van der Waals surface area contributed by atoms with E-state index in [1.807, 2.05) is 0 Å². The molecule has 2 heterocycles. The summed E-state index contributed by atoms with van der Waals surface area (Å²) in [6, 6.07) is 7.25. The third-order valence-electron chi connectivity index (χ3n) is 3.69. The lowest BCUT2D eigenvalue weighted by Gasteiger charge is -2.10. The smallest absolute Gasteiger partial charge is 0.270 e.